The number of nitrogens with one attached hydrogen (secondary N) is 3. The van der Waals surface area contributed by atoms with Crippen LogP contribution < -0.4 is 16.0 Å². The number of carbonyl (C=O) groups excluding carboxylic acids is 1. The Hall–Kier alpha value is -2.84. The molecular formula is C22H33N5O3. The lowest BCUT2D eigenvalue weighted by Crippen LogP contribution is -2.44. The van der Waals surface area contributed by atoms with E-state index < -0.39 is 5.60 Å². The normalized spacial score (nSPS) is 13.8. The van der Waals surface area contributed by atoms with E-state index in [2.05, 4.69) is 20.9 Å². The molecule has 8 heteroatoms. The Kier molecular flexibility index (Phi) is 8.44. The monoisotopic (exact) mass is 415 g/mol. The molecule has 0 saturated carbocycles. The van der Waals surface area contributed by atoms with Crippen LogP contribution in [0.2, 0.25) is 0 Å². The number of aryl methyl sites for hydroxylation is 1. The van der Waals surface area contributed by atoms with Crippen LogP contribution in [0.15, 0.2) is 45.8 Å². The maximum atomic E-state index is 12.0. The zero-order valence-electron chi connectivity index (χ0n) is 18.5. The molecule has 2 aromatic rings. The summed E-state index contributed by atoms with van der Waals surface area (Å²) in [6.45, 7) is 7.20. The fourth-order valence-corrected chi connectivity index (χ4v) is 2.81. The van der Waals surface area contributed by atoms with Gasteiger partial charge in [-0.1, -0.05) is 12.1 Å². The number of rotatable bonds is 9. The minimum Gasteiger partial charge on any atom is -0.463 e. The van der Waals surface area contributed by atoms with Crippen LogP contribution in [0.5, 0.6) is 0 Å². The summed E-state index contributed by atoms with van der Waals surface area (Å²) in [5.74, 6) is 1.78. The van der Waals surface area contributed by atoms with E-state index in [1.165, 1.54) is 0 Å². The SMILES string of the molecule is CCNC(=NCc1cccc(NC(=O)CN(C)C)c1)NCC(C)(O)c1ccc(C)o1. The lowest BCUT2D eigenvalue weighted by molar-refractivity contribution is -0.116. The fourth-order valence-electron chi connectivity index (χ4n) is 2.81. The molecule has 1 unspecified atom stereocenters. The van der Waals surface area contributed by atoms with Crippen molar-refractivity contribution in [2.75, 3.05) is 39.0 Å². The van der Waals surface area contributed by atoms with Crippen molar-refractivity contribution in [1.82, 2.24) is 15.5 Å². The molecule has 2 rings (SSSR count). The zero-order chi connectivity index (χ0) is 22.1. The molecule has 1 heterocycles. The van der Waals surface area contributed by atoms with Crippen molar-refractivity contribution in [2.45, 2.75) is 32.9 Å². The Balaban J connectivity index is 2.00. The quantitative estimate of drug-likeness (QED) is 0.369. The van der Waals surface area contributed by atoms with E-state index in [0.29, 0.717) is 31.4 Å². The lowest BCUT2D eigenvalue weighted by atomic mass is 10.0. The second-order valence-corrected chi connectivity index (χ2v) is 7.72. The first-order chi connectivity index (χ1) is 14.2. The van der Waals surface area contributed by atoms with E-state index >= 15 is 0 Å². The van der Waals surface area contributed by atoms with E-state index in [4.69, 9.17) is 4.42 Å². The van der Waals surface area contributed by atoms with Crippen LogP contribution in [-0.2, 0) is 16.9 Å². The van der Waals surface area contributed by atoms with Gasteiger partial charge < -0.3 is 30.4 Å². The lowest BCUT2D eigenvalue weighted by Gasteiger charge is -2.22. The molecule has 8 nitrogen and oxygen atoms in total. The van der Waals surface area contributed by atoms with Crippen molar-refractivity contribution in [1.29, 1.82) is 0 Å². The molecular weight excluding hydrogens is 382 g/mol. The molecule has 0 spiro atoms. The molecule has 0 aliphatic carbocycles. The van der Waals surface area contributed by atoms with Crippen molar-refractivity contribution < 1.29 is 14.3 Å². The Morgan fingerprint density at radius 3 is 2.63 bits per heavy atom. The third-order valence-electron chi connectivity index (χ3n) is 4.31. The predicted molar refractivity (Wildman–Crippen MR) is 119 cm³/mol. The van der Waals surface area contributed by atoms with Crippen molar-refractivity contribution in [2.24, 2.45) is 4.99 Å². The molecule has 0 bridgehead atoms. The number of anilines is 1. The highest BCUT2D eigenvalue weighted by Crippen LogP contribution is 2.21. The predicted octanol–water partition coefficient (Wildman–Crippen LogP) is 2.05. The summed E-state index contributed by atoms with van der Waals surface area (Å²) in [6, 6.07) is 11.2. The molecule has 4 N–H and O–H groups in total. The van der Waals surface area contributed by atoms with Gasteiger partial charge in [0.05, 0.1) is 19.6 Å². The van der Waals surface area contributed by atoms with Gasteiger partial charge in [-0.15, -0.1) is 0 Å². The number of aliphatic hydroxyl groups is 1. The van der Waals surface area contributed by atoms with E-state index in [1.807, 2.05) is 63.2 Å². The number of nitrogens with zero attached hydrogens (tertiary/aromatic N) is 2. The minimum absolute atomic E-state index is 0.0638. The Morgan fingerprint density at radius 2 is 2.00 bits per heavy atom. The number of amides is 1. The van der Waals surface area contributed by atoms with Gasteiger partial charge in [0.1, 0.15) is 17.1 Å². The van der Waals surface area contributed by atoms with Gasteiger partial charge in [-0.05, 0) is 64.7 Å². The van der Waals surface area contributed by atoms with E-state index in [0.717, 1.165) is 17.0 Å². The minimum atomic E-state index is -1.17. The smallest absolute Gasteiger partial charge is 0.238 e. The highest BCUT2D eigenvalue weighted by molar-refractivity contribution is 5.92. The molecule has 1 atom stereocenters. The highest BCUT2D eigenvalue weighted by Gasteiger charge is 2.27. The van der Waals surface area contributed by atoms with Crippen LogP contribution in [0.4, 0.5) is 5.69 Å². The molecule has 30 heavy (non-hydrogen) atoms. The second kappa shape index (κ2) is 10.8. The molecule has 0 radical (unpaired) electrons. The Bertz CT molecular complexity index is 858. The van der Waals surface area contributed by atoms with Crippen LogP contribution in [0.25, 0.3) is 0 Å². The van der Waals surface area contributed by atoms with Gasteiger partial charge in [0, 0.05) is 12.2 Å². The standard InChI is InChI=1S/C22H33N5O3/c1-6-23-21(25-15-22(3,29)19-11-10-16(2)30-19)24-13-17-8-7-9-18(12-17)26-20(28)14-27(4)5/h7-12,29H,6,13-15H2,1-5H3,(H,26,28)(H2,23,24,25). The Labute approximate surface area is 178 Å². The number of furan rings is 1. The summed E-state index contributed by atoms with van der Waals surface area (Å²) in [6.07, 6.45) is 0. The summed E-state index contributed by atoms with van der Waals surface area (Å²) in [7, 11) is 3.70. The second-order valence-electron chi connectivity index (χ2n) is 7.72. The van der Waals surface area contributed by atoms with Gasteiger partial charge in [-0.2, -0.15) is 0 Å². The molecule has 0 aliphatic heterocycles. The number of likely N-dealkylation sites (N-methyl/N-ethyl adjacent to an activating group) is 1. The van der Waals surface area contributed by atoms with Gasteiger partial charge in [0.25, 0.3) is 0 Å². The molecule has 0 aliphatic rings. The molecule has 1 aromatic carbocycles. The summed E-state index contributed by atoms with van der Waals surface area (Å²) in [5, 5.41) is 19.9. The number of benzene rings is 1. The fraction of sp³-hybridized carbons (Fsp3) is 0.455. The van der Waals surface area contributed by atoms with Crippen LogP contribution in [-0.4, -0.2) is 55.6 Å². The van der Waals surface area contributed by atoms with E-state index in [1.54, 1.807) is 13.0 Å². The number of aliphatic imine (C=N–C) groups is 1. The molecule has 1 amide bonds. The summed E-state index contributed by atoms with van der Waals surface area (Å²) in [5.41, 5.74) is 0.535. The van der Waals surface area contributed by atoms with Crippen molar-refractivity contribution in [3.63, 3.8) is 0 Å². The first kappa shape index (κ1) is 23.4. The van der Waals surface area contributed by atoms with E-state index in [9.17, 15) is 9.90 Å². The van der Waals surface area contributed by atoms with Crippen molar-refractivity contribution in [3.8, 4) is 0 Å². The van der Waals surface area contributed by atoms with Gasteiger partial charge in [0.2, 0.25) is 5.91 Å². The van der Waals surface area contributed by atoms with Crippen LogP contribution in [0.3, 0.4) is 0 Å². The largest absolute Gasteiger partial charge is 0.463 e. The topological polar surface area (TPSA) is 102 Å². The zero-order valence-corrected chi connectivity index (χ0v) is 18.5. The van der Waals surface area contributed by atoms with Crippen LogP contribution in [0, 0.1) is 6.92 Å². The third-order valence-corrected chi connectivity index (χ3v) is 4.31. The van der Waals surface area contributed by atoms with E-state index in [-0.39, 0.29) is 12.5 Å². The number of guanidine groups is 1. The van der Waals surface area contributed by atoms with Gasteiger partial charge >= 0.3 is 0 Å². The van der Waals surface area contributed by atoms with Gasteiger partial charge in [-0.25, -0.2) is 4.99 Å². The molecule has 0 fully saturated rings. The van der Waals surface area contributed by atoms with Crippen LogP contribution in [0.1, 0.15) is 30.9 Å². The highest BCUT2D eigenvalue weighted by atomic mass is 16.4. The first-order valence-electron chi connectivity index (χ1n) is 10.0. The number of hydrogen-bond donors (Lipinski definition) is 4. The van der Waals surface area contributed by atoms with Crippen molar-refractivity contribution in [3.05, 3.63) is 53.5 Å². The average Bonchev–Trinajstić information content (AvgIpc) is 3.11. The maximum absolute atomic E-state index is 12.0. The van der Waals surface area contributed by atoms with Crippen LogP contribution >= 0.6 is 0 Å². The van der Waals surface area contributed by atoms with Gasteiger partial charge in [-0.3, -0.25) is 4.79 Å². The third kappa shape index (κ3) is 7.53. The summed E-state index contributed by atoms with van der Waals surface area (Å²) >= 11 is 0. The number of hydrogen-bond acceptors (Lipinski definition) is 5. The molecule has 0 saturated heterocycles. The number of carbonyl (C=O) groups is 1. The van der Waals surface area contributed by atoms with Crippen molar-refractivity contribution >= 4 is 17.6 Å². The maximum Gasteiger partial charge on any atom is 0.238 e. The van der Waals surface area contributed by atoms with Gasteiger partial charge in [0.15, 0.2) is 5.96 Å². The summed E-state index contributed by atoms with van der Waals surface area (Å²) in [4.78, 5) is 18.4. The summed E-state index contributed by atoms with van der Waals surface area (Å²) < 4.78 is 5.55. The molecule has 1 aromatic heterocycles. The first-order valence-corrected chi connectivity index (χ1v) is 10.0. The average molecular weight is 416 g/mol. The molecule has 164 valence electrons. The Morgan fingerprint density at radius 1 is 1.23 bits per heavy atom.